The molecule has 3 rings (SSSR count). The maximum atomic E-state index is 12.3. The summed E-state index contributed by atoms with van der Waals surface area (Å²) < 4.78 is 0. The van der Waals surface area contributed by atoms with Crippen molar-refractivity contribution in [1.82, 2.24) is 4.98 Å². The highest BCUT2D eigenvalue weighted by Gasteiger charge is 2.09. The predicted octanol–water partition coefficient (Wildman–Crippen LogP) is 5.82. The Morgan fingerprint density at radius 2 is 1.65 bits per heavy atom. The molecule has 1 aromatic heterocycles. The van der Waals surface area contributed by atoms with Crippen LogP contribution in [-0.4, -0.2) is 11.0 Å². The van der Waals surface area contributed by atoms with Crippen LogP contribution < -0.4 is 10.6 Å². The molecule has 0 radical (unpaired) electrons. The Morgan fingerprint density at radius 1 is 0.923 bits per heavy atom. The first-order valence-corrected chi connectivity index (χ1v) is 8.73. The SMILES string of the molecule is Cc1cc(-c2ccc(NC(=O)Nc3ccccc3C(C)C)cc2)ccn1. The second-order valence-electron chi connectivity index (χ2n) is 6.58. The highest BCUT2D eigenvalue weighted by molar-refractivity contribution is 6.00. The molecule has 0 saturated carbocycles. The third kappa shape index (κ3) is 4.28. The number of carbonyl (C=O) groups is 1. The van der Waals surface area contributed by atoms with Crippen LogP contribution in [0, 0.1) is 6.92 Å². The van der Waals surface area contributed by atoms with E-state index in [2.05, 4.69) is 29.5 Å². The molecule has 2 N–H and O–H groups in total. The van der Waals surface area contributed by atoms with Crippen molar-refractivity contribution in [3.63, 3.8) is 0 Å². The number of hydrogen-bond donors (Lipinski definition) is 2. The van der Waals surface area contributed by atoms with Crippen LogP contribution in [-0.2, 0) is 0 Å². The molecule has 0 atom stereocenters. The topological polar surface area (TPSA) is 54.0 Å². The van der Waals surface area contributed by atoms with Crippen LogP contribution in [0.25, 0.3) is 11.1 Å². The number of carbonyl (C=O) groups excluding carboxylic acids is 1. The van der Waals surface area contributed by atoms with Gasteiger partial charge < -0.3 is 10.6 Å². The molecular weight excluding hydrogens is 322 g/mol. The van der Waals surface area contributed by atoms with Crippen LogP contribution in [0.3, 0.4) is 0 Å². The molecule has 2 amide bonds. The van der Waals surface area contributed by atoms with Gasteiger partial charge in [0.2, 0.25) is 0 Å². The average molecular weight is 345 g/mol. The Hall–Kier alpha value is -3.14. The quantitative estimate of drug-likeness (QED) is 0.625. The fraction of sp³-hybridized carbons (Fsp3) is 0.182. The lowest BCUT2D eigenvalue weighted by Crippen LogP contribution is -2.20. The Kier molecular flexibility index (Phi) is 5.32. The summed E-state index contributed by atoms with van der Waals surface area (Å²) in [5.41, 5.74) is 5.88. The van der Waals surface area contributed by atoms with Gasteiger partial charge >= 0.3 is 6.03 Å². The van der Waals surface area contributed by atoms with Gasteiger partial charge in [-0.1, -0.05) is 44.2 Å². The lowest BCUT2D eigenvalue weighted by Gasteiger charge is -2.14. The van der Waals surface area contributed by atoms with Crippen LogP contribution in [0.1, 0.15) is 31.0 Å². The molecule has 0 aliphatic heterocycles. The minimum absolute atomic E-state index is 0.245. The predicted molar refractivity (Wildman–Crippen MR) is 108 cm³/mol. The molecule has 0 fully saturated rings. The van der Waals surface area contributed by atoms with Gasteiger partial charge in [0.15, 0.2) is 0 Å². The van der Waals surface area contributed by atoms with E-state index in [4.69, 9.17) is 0 Å². The summed E-state index contributed by atoms with van der Waals surface area (Å²) in [4.78, 5) is 16.5. The van der Waals surface area contributed by atoms with E-state index < -0.39 is 0 Å². The summed E-state index contributed by atoms with van der Waals surface area (Å²) >= 11 is 0. The fourth-order valence-corrected chi connectivity index (χ4v) is 2.87. The standard InChI is InChI=1S/C22H23N3O/c1-15(2)20-6-4-5-7-21(20)25-22(26)24-19-10-8-17(9-11-19)18-12-13-23-16(3)14-18/h4-15H,1-3H3,(H2,24,25,26). The number of nitrogens with one attached hydrogen (secondary N) is 2. The van der Waals surface area contributed by atoms with Crippen molar-refractivity contribution in [2.24, 2.45) is 0 Å². The van der Waals surface area contributed by atoms with Gasteiger partial charge in [-0.2, -0.15) is 0 Å². The smallest absolute Gasteiger partial charge is 0.308 e. The molecule has 0 aliphatic rings. The molecule has 0 aliphatic carbocycles. The van der Waals surface area contributed by atoms with Crippen LogP contribution in [0.15, 0.2) is 66.9 Å². The van der Waals surface area contributed by atoms with Crippen molar-refractivity contribution in [3.05, 3.63) is 78.1 Å². The Balaban J connectivity index is 1.69. The zero-order valence-electron chi connectivity index (χ0n) is 15.3. The van der Waals surface area contributed by atoms with Crippen LogP contribution in [0.5, 0.6) is 0 Å². The Labute approximate surface area is 154 Å². The van der Waals surface area contributed by atoms with Gasteiger partial charge in [0.1, 0.15) is 0 Å². The molecule has 132 valence electrons. The van der Waals surface area contributed by atoms with Crippen LogP contribution in [0.2, 0.25) is 0 Å². The second-order valence-corrected chi connectivity index (χ2v) is 6.58. The van der Waals surface area contributed by atoms with E-state index in [1.807, 2.05) is 67.6 Å². The minimum Gasteiger partial charge on any atom is -0.308 e. The molecule has 26 heavy (non-hydrogen) atoms. The normalized spacial score (nSPS) is 10.6. The molecular formula is C22H23N3O. The van der Waals surface area contributed by atoms with E-state index in [1.165, 1.54) is 0 Å². The first-order valence-electron chi connectivity index (χ1n) is 8.73. The first kappa shape index (κ1) is 17.7. The van der Waals surface area contributed by atoms with E-state index in [0.717, 1.165) is 33.8 Å². The van der Waals surface area contributed by atoms with Gasteiger partial charge in [-0.05, 0) is 59.9 Å². The Bertz CT molecular complexity index is 901. The van der Waals surface area contributed by atoms with Gasteiger partial charge in [0, 0.05) is 23.3 Å². The third-order valence-electron chi connectivity index (χ3n) is 4.20. The maximum Gasteiger partial charge on any atom is 0.323 e. The van der Waals surface area contributed by atoms with Gasteiger partial charge in [-0.3, -0.25) is 4.98 Å². The molecule has 3 aromatic rings. The number of para-hydroxylation sites is 1. The van der Waals surface area contributed by atoms with E-state index in [1.54, 1.807) is 6.20 Å². The van der Waals surface area contributed by atoms with Crippen molar-refractivity contribution in [2.45, 2.75) is 26.7 Å². The molecule has 0 saturated heterocycles. The Morgan fingerprint density at radius 3 is 2.35 bits per heavy atom. The summed E-state index contributed by atoms with van der Waals surface area (Å²) in [6, 6.07) is 19.4. The highest BCUT2D eigenvalue weighted by atomic mass is 16.2. The highest BCUT2D eigenvalue weighted by Crippen LogP contribution is 2.24. The van der Waals surface area contributed by atoms with Crippen molar-refractivity contribution in [1.29, 1.82) is 0 Å². The molecule has 2 aromatic carbocycles. The number of amides is 2. The average Bonchev–Trinajstić information content (AvgIpc) is 2.62. The summed E-state index contributed by atoms with van der Waals surface area (Å²) in [7, 11) is 0. The van der Waals surface area contributed by atoms with Gasteiger partial charge in [0.05, 0.1) is 0 Å². The molecule has 0 spiro atoms. The van der Waals surface area contributed by atoms with Crippen LogP contribution >= 0.6 is 0 Å². The van der Waals surface area contributed by atoms with Crippen molar-refractivity contribution in [2.75, 3.05) is 10.6 Å². The van der Waals surface area contributed by atoms with E-state index >= 15 is 0 Å². The van der Waals surface area contributed by atoms with Gasteiger partial charge in [0.25, 0.3) is 0 Å². The zero-order chi connectivity index (χ0) is 18.5. The van der Waals surface area contributed by atoms with Gasteiger partial charge in [-0.15, -0.1) is 0 Å². The number of benzene rings is 2. The molecule has 4 heteroatoms. The number of hydrogen-bond acceptors (Lipinski definition) is 2. The molecule has 0 bridgehead atoms. The lowest BCUT2D eigenvalue weighted by molar-refractivity contribution is 0.262. The number of rotatable bonds is 4. The number of pyridine rings is 1. The first-order chi connectivity index (χ1) is 12.5. The molecule has 4 nitrogen and oxygen atoms in total. The van der Waals surface area contributed by atoms with E-state index in [0.29, 0.717) is 5.92 Å². The molecule has 1 heterocycles. The lowest BCUT2D eigenvalue weighted by atomic mass is 10.0. The fourth-order valence-electron chi connectivity index (χ4n) is 2.87. The second kappa shape index (κ2) is 7.83. The number of urea groups is 1. The number of aryl methyl sites for hydroxylation is 1. The van der Waals surface area contributed by atoms with E-state index in [-0.39, 0.29) is 6.03 Å². The summed E-state index contributed by atoms with van der Waals surface area (Å²) in [5.74, 6) is 0.342. The van der Waals surface area contributed by atoms with Crippen molar-refractivity contribution < 1.29 is 4.79 Å². The number of aromatic nitrogens is 1. The van der Waals surface area contributed by atoms with E-state index in [9.17, 15) is 4.79 Å². The maximum absolute atomic E-state index is 12.3. The molecule has 0 unspecified atom stereocenters. The van der Waals surface area contributed by atoms with Crippen molar-refractivity contribution in [3.8, 4) is 11.1 Å². The largest absolute Gasteiger partial charge is 0.323 e. The van der Waals surface area contributed by atoms with Gasteiger partial charge in [-0.25, -0.2) is 4.79 Å². The third-order valence-corrected chi connectivity index (χ3v) is 4.20. The zero-order valence-corrected chi connectivity index (χ0v) is 15.3. The van der Waals surface area contributed by atoms with Crippen LogP contribution in [0.4, 0.5) is 16.2 Å². The number of anilines is 2. The van der Waals surface area contributed by atoms with Crippen molar-refractivity contribution >= 4 is 17.4 Å². The summed E-state index contributed by atoms with van der Waals surface area (Å²) in [6.07, 6.45) is 1.80. The number of nitrogens with zero attached hydrogens (tertiary/aromatic N) is 1. The summed E-state index contributed by atoms with van der Waals surface area (Å²) in [6.45, 7) is 6.19. The monoisotopic (exact) mass is 345 g/mol. The summed E-state index contributed by atoms with van der Waals surface area (Å²) in [5, 5.41) is 5.82. The minimum atomic E-state index is -0.245.